The summed E-state index contributed by atoms with van der Waals surface area (Å²) in [5.41, 5.74) is -0.760. The van der Waals surface area contributed by atoms with Crippen molar-refractivity contribution in [3.05, 3.63) is 0 Å². The lowest BCUT2D eigenvalue weighted by molar-refractivity contribution is -0.0206. The molecule has 0 bridgehead atoms. The van der Waals surface area contributed by atoms with Crippen molar-refractivity contribution in [2.24, 2.45) is 0 Å². The molecule has 0 aliphatic carbocycles. The minimum absolute atomic E-state index is 0.370. The van der Waals surface area contributed by atoms with E-state index in [2.05, 4.69) is 45.8 Å². The van der Waals surface area contributed by atoms with E-state index in [1.807, 2.05) is 0 Å². The zero-order chi connectivity index (χ0) is 16.9. The van der Waals surface area contributed by atoms with E-state index in [1.54, 1.807) is 13.8 Å². The minimum atomic E-state index is -2.14. The molecule has 0 rings (SSSR count). The summed E-state index contributed by atoms with van der Waals surface area (Å²) in [6, 6.07) is 0.952. The van der Waals surface area contributed by atoms with Crippen LogP contribution in [0.4, 0.5) is 0 Å². The summed E-state index contributed by atoms with van der Waals surface area (Å²) < 4.78 is 18.4. The lowest BCUT2D eigenvalue weighted by Crippen LogP contribution is -2.52. The van der Waals surface area contributed by atoms with E-state index < -0.39 is 30.8 Å². The third kappa shape index (κ3) is 13.9. The monoisotopic (exact) mass is 352 g/mol. The first-order valence-electron chi connectivity index (χ1n) is 7.82. The van der Waals surface area contributed by atoms with Gasteiger partial charge in [0, 0.05) is 6.61 Å². The van der Waals surface area contributed by atoms with Crippen LogP contribution in [0.1, 0.15) is 20.3 Å². The van der Waals surface area contributed by atoms with Crippen LogP contribution in [0.2, 0.25) is 51.9 Å². The molecule has 128 valence electrons. The summed E-state index contributed by atoms with van der Waals surface area (Å²) >= 11 is 0. The molecule has 4 nitrogen and oxygen atoms in total. The smallest absolute Gasteiger partial charge is 0.314 e. The van der Waals surface area contributed by atoms with Crippen LogP contribution >= 0.6 is 0 Å². The number of aliphatic hydroxyl groups is 1. The van der Waals surface area contributed by atoms with Crippen LogP contribution in [-0.4, -0.2) is 49.1 Å². The van der Waals surface area contributed by atoms with Crippen molar-refractivity contribution in [3.63, 3.8) is 0 Å². The lowest BCUT2D eigenvalue weighted by Gasteiger charge is -2.38. The molecule has 0 radical (unpaired) electrons. The minimum Gasteiger partial charge on any atom is -0.437 e. The number of ether oxygens (including phenoxy) is 1. The molecule has 0 aliphatic heterocycles. The van der Waals surface area contributed by atoms with E-state index >= 15 is 0 Å². The highest BCUT2D eigenvalue weighted by molar-refractivity contribution is 6.87. The standard InChI is InChI=1S/C14H36O4Si3/c1-14(2,15)13-16-11-10-12-21(9,17-19(3,4)5)18-20(6,7)8/h15H,10-13H2,1-9H3. The van der Waals surface area contributed by atoms with Crippen molar-refractivity contribution in [2.75, 3.05) is 13.2 Å². The Labute approximate surface area is 134 Å². The number of hydrogen-bond acceptors (Lipinski definition) is 4. The van der Waals surface area contributed by atoms with Crippen molar-refractivity contribution >= 4 is 25.2 Å². The van der Waals surface area contributed by atoms with Gasteiger partial charge in [0.15, 0.2) is 16.6 Å². The fourth-order valence-electron chi connectivity index (χ4n) is 2.24. The second kappa shape index (κ2) is 7.85. The summed E-state index contributed by atoms with van der Waals surface area (Å²) in [5.74, 6) is 0. The van der Waals surface area contributed by atoms with Gasteiger partial charge >= 0.3 is 8.56 Å². The molecule has 0 aromatic heterocycles. The summed E-state index contributed by atoms with van der Waals surface area (Å²) in [6.07, 6.45) is 0.924. The summed E-state index contributed by atoms with van der Waals surface area (Å²) in [6.45, 7) is 20.0. The Balaban J connectivity index is 4.42. The SMILES string of the molecule is CC(C)(O)COCCC[Si](C)(O[Si](C)(C)C)O[Si](C)(C)C. The van der Waals surface area contributed by atoms with Gasteiger partial charge in [-0.05, 0) is 72.1 Å². The van der Waals surface area contributed by atoms with Gasteiger partial charge in [0.05, 0.1) is 12.2 Å². The molecular weight excluding hydrogens is 316 g/mol. The number of hydrogen-bond donors (Lipinski definition) is 1. The van der Waals surface area contributed by atoms with Gasteiger partial charge in [-0.2, -0.15) is 0 Å². The Morgan fingerprint density at radius 2 is 1.29 bits per heavy atom. The van der Waals surface area contributed by atoms with Crippen LogP contribution in [0.3, 0.4) is 0 Å². The third-order valence-electron chi connectivity index (χ3n) is 2.42. The van der Waals surface area contributed by atoms with E-state index in [0.29, 0.717) is 13.2 Å². The largest absolute Gasteiger partial charge is 0.437 e. The predicted octanol–water partition coefficient (Wildman–Crippen LogP) is 3.94. The average molecular weight is 353 g/mol. The molecule has 0 fully saturated rings. The van der Waals surface area contributed by atoms with Crippen molar-refractivity contribution < 1.29 is 18.1 Å². The summed E-state index contributed by atoms with van der Waals surface area (Å²) in [4.78, 5) is 0. The highest BCUT2D eigenvalue weighted by Gasteiger charge is 2.39. The first-order valence-corrected chi connectivity index (χ1v) is 17.2. The molecule has 0 spiro atoms. The van der Waals surface area contributed by atoms with Crippen LogP contribution in [0.5, 0.6) is 0 Å². The Kier molecular flexibility index (Phi) is 8.03. The van der Waals surface area contributed by atoms with Crippen LogP contribution in [0.25, 0.3) is 0 Å². The molecule has 0 saturated carbocycles. The van der Waals surface area contributed by atoms with Crippen molar-refractivity contribution in [1.29, 1.82) is 0 Å². The van der Waals surface area contributed by atoms with Crippen LogP contribution in [0.15, 0.2) is 0 Å². The first kappa shape index (κ1) is 21.5. The molecule has 0 atom stereocenters. The molecule has 1 N–H and O–H groups in total. The lowest BCUT2D eigenvalue weighted by atomic mass is 10.2. The van der Waals surface area contributed by atoms with E-state index in [1.165, 1.54) is 0 Å². The molecule has 0 aromatic rings. The zero-order valence-electron chi connectivity index (χ0n) is 15.5. The topological polar surface area (TPSA) is 47.9 Å². The van der Waals surface area contributed by atoms with Gasteiger partial charge in [-0.25, -0.2) is 0 Å². The van der Waals surface area contributed by atoms with Crippen LogP contribution in [-0.2, 0) is 13.0 Å². The molecule has 0 heterocycles. The van der Waals surface area contributed by atoms with E-state index in [-0.39, 0.29) is 0 Å². The average Bonchev–Trinajstić information content (AvgIpc) is 2.07. The Morgan fingerprint density at radius 3 is 1.62 bits per heavy atom. The molecule has 0 amide bonds. The van der Waals surface area contributed by atoms with Crippen molar-refractivity contribution in [3.8, 4) is 0 Å². The van der Waals surface area contributed by atoms with Crippen molar-refractivity contribution in [1.82, 2.24) is 0 Å². The van der Waals surface area contributed by atoms with Gasteiger partial charge in [-0.3, -0.25) is 0 Å². The molecular formula is C14H36O4Si3. The molecule has 0 unspecified atom stereocenters. The quantitative estimate of drug-likeness (QED) is 0.478. The molecule has 0 aromatic carbocycles. The van der Waals surface area contributed by atoms with E-state index in [9.17, 15) is 5.11 Å². The predicted molar refractivity (Wildman–Crippen MR) is 97.0 cm³/mol. The maximum atomic E-state index is 9.63. The van der Waals surface area contributed by atoms with Crippen LogP contribution in [0, 0.1) is 0 Å². The molecule has 21 heavy (non-hydrogen) atoms. The second-order valence-electron chi connectivity index (χ2n) is 8.53. The van der Waals surface area contributed by atoms with Crippen molar-refractivity contribution in [2.45, 2.75) is 77.7 Å². The van der Waals surface area contributed by atoms with Gasteiger partial charge in [-0.15, -0.1) is 0 Å². The Morgan fingerprint density at radius 1 is 0.857 bits per heavy atom. The maximum Gasteiger partial charge on any atom is 0.314 e. The zero-order valence-corrected chi connectivity index (χ0v) is 18.5. The van der Waals surface area contributed by atoms with Gasteiger partial charge in [0.2, 0.25) is 0 Å². The van der Waals surface area contributed by atoms with E-state index in [0.717, 1.165) is 12.5 Å². The van der Waals surface area contributed by atoms with Gasteiger partial charge in [0.1, 0.15) is 0 Å². The Bertz CT molecular complexity index is 287. The molecule has 7 heteroatoms. The molecule has 0 aliphatic rings. The highest BCUT2D eigenvalue weighted by atomic mass is 28.5. The van der Waals surface area contributed by atoms with Gasteiger partial charge < -0.3 is 18.1 Å². The van der Waals surface area contributed by atoms with Gasteiger partial charge in [0.25, 0.3) is 0 Å². The van der Waals surface area contributed by atoms with Crippen LogP contribution < -0.4 is 0 Å². The fourth-order valence-corrected chi connectivity index (χ4v) is 14.7. The normalized spacial score (nSPS) is 14.6. The maximum absolute atomic E-state index is 9.63. The fraction of sp³-hybridized carbons (Fsp3) is 1.00. The van der Waals surface area contributed by atoms with E-state index in [4.69, 9.17) is 13.0 Å². The third-order valence-corrected chi connectivity index (χ3v) is 12.0. The summed E-state index contributed by atoms with van der Waals surface area (Å²) in [5, 5.41) is 9.63. The first-order chi connectivity index (χ1) is 9.12. The highest BCUT2D eigenvalue weighted by Crippen LogP contribution is 2.25. The van der Waals surface area contributed by atoms with Gasteiger partial charge in [-0.1, -0.05) is 0 Å². The summed E-state index contributed by atoms with van der Waals surface area (Å²) in [7, 11) is -5.36. The Hall–Kier alpha value is 0.491. The second-order valence-corrected chi connectivity index (χ2v) is 21.4. The number of rotatable bonds is 10. The molecule has 0 saturated heterocycles.